The number of carbonyl (C=O) groups excluding carboxylic acids is 8. The average Bonchev–Trinajstić information content (AvgIpc) is 3.62. The lowest BCUT2D eigenvalue weighted by atomic mass is 10.0. The molecule has 0 saturated carbocycles. The third-order valence-electron chi connectivity index (χ3n) is 7.05. The highest BCUT2D eigenvalue weighted by atomic mass is 32.1. The monoisotopic (exact) mass is 662 g/mol. The first-order chi connectivity index (χ1) is 22.0. The van der Waals surface area contributed by atoms with Gasteiger partial charge in [0, 0.05) is 88.8 Å². The zero-order valence-electron chi connectivity index (χ0n) is 25.4. The Labute approximate surface area is 271 Å². The van der Waals surface area contributed by atoms with Crippen LogP contribution in [0.4, 0.5) is 0 Å². The second-order valence-corrected chi connectivity index (χ2v) is 11.3. The van der Waals surface area contributed by atoms with Crippen LogP contribution in [0.2, 0.25) is 0 Å². The van der Waals surface area contributed by atoms with E-state index >= 15 is 0 Å². The molecule has 0 unspecified atom stereocenters. The largest absolute Gasteiger partial charge is 0.379 e. The van der Waals surface area contributed by atoms with Crippen molar-refractivity contribution in [1.82, 2.24) is 20.0 Å². The highest BCUT2D eigenvalue weighted by molar-refractivity contribution is 7.96. The van der Waals surface area contributed by atoms with E-state index in [1.807, 2.05) is 0 Å². The first kappa shape index (κ1) is 36.5. The maximum absolute atomic E-state index is 13.0. The van der Waals surface area contributed by atoms with Crippen LogP contribution < -0.4 is 5.32 Å². The number of imide groups is 3. The molecule has 16 heteroatoms. The van der Waals surface area contributed by atoms with Crippen molar-refractivity contribution in [3.05, 3.63) is 36.5 Å². The molecule has 0 saturated heterocycles. The number of nitrogens with one attached hydrogen (secondary N) is 1. The first-order valence-electron chi connectivity index (χ1n) is 14.9. The Bertz CT molecular complexity index is 1110. The minimum absolute atomic E-state index is 0.0125. The molecule has 1 N–H and O–H groups in total. The van der Waals surface area contributed by atoms with E-state index in [1.54, 1.807) is 0 Å². The van der Waals surface area contributed by atoms with Gasteiger partial charge in [-0.1, -0.05) is 0 Å². The quantitative estimate of drug-likeness (QED) is 0.0814. The number of carbonyl (C=O) groups is 8. The molecule has 15 nitrogen and oxygen atoms in total. The van der Waals surface area contributed by atoms with E-state index in [2.05, 4.69) is 17.9 Å². The molecule has 0 spiro atoms. The van der Waals surface area contributed by atoms with E-state index in [0.29, 0.717) is 19.3 Å². The highest BCUT2D eigenvalue weighted by Gasteiger charge is 2.34. The lowest BCUT2D eigenvalue weighted by molar-refractivity contribution is -0.138. The van der Waals surface area contributed by atoms with E-state index in [9.17, 15) is 38.4 Å². The van der Waals surface area contributed by atoms with Crippen LogP contribution in [0.5, 0.6) is 0 Å². The Morgan fingerprint density at radius 3 is 1.20 bits per heavy atom. The van der Waals surface area contributed by atoms with E-state index in [-0.39, 0.29) is 83.7 Å². The summed E-state index contributed by atoms with van der Waals surface area (Å²) in [6.45, 7) is 0.518. The summed E-state index contributed by atoms with van der Waals surface area (Å²) in [6, 6.07) is 0. The Hall–Kier alpha value is -3.99. The summed E-state index contributed by atoms with van der Waals surface area (Å²) in [7, 11) is 0. The van der Waals surface area contributed by atoms with E-state index in [0.717, 1.165) is 14.7 Å². The average molecular weight is 663 g/mol. The zero-order valence-corrected chi connectivity index (χ0v) is 26.2. The fourth-order valence-corrected chi connectivity index (χ4v) is 4.88. The van der Waals surface area contributed by atoms with Gasteiger partial charge in [0.15, 0.2) is 5.12 Å². The molecule has 0 radical (unpaired) electrons. The summed E-state index contributed by atoms with van der Waals surface area (Å²) in [5.41, 5.74) is -1.23. The molecule has 0 aromatic carbocycles. The molecule has 0 aliphatic carbocycles. The normalized spacial score (nSPS) is 16.2. The molecule has 0 atom stereocenters. The van der Waals surface area contributed by atoms with Crippen LogP contribution >= 0.6 is 12.6 Å². The van der Waals surface area contributed by atoms with Gasteiger partial charge in [0.25, 0.3) is 35.4 Å². The van der Waals surface area contributed by atoms with Gasteiger partial charge in [-0.2, -0.15) is 0 Å². The molecular weight excluding hydrogens is 624 g/mol. The molecule has 0 aromatic heterocycles. The lowest BCUT2D eigenvalue weighted by Gasteiger charge is -2.34. The standard InChI is InChI=1S/C30H38N4O11S/c35-22(5-1-6-29(42)46)31-30(19-43-16-2-13-32-23(36)7-8-24(32)37,20-44-17-3-14-33-25(38)9-10-26(33)39)21-45-18-4-15-34-27(40)11-12-28(34)41/h7-12H,1-6,13-21H2,(H,31,35)(H,42,46). The van der Waals surface area contributed by atoms with Crippen LogP contribution in [0.25, 0.3) is 0 Å². The van der Waals surface area contributed by atoms with Gasteiger partial charge >= 0.3 is 0 Å². The molecule has 250 valence electrons. The van der Waals surface area contributed by atoms with E-state index < -0.39 is 46.9 Å². The molecular formula is C30H38N4O11S. The third kappa shape index (κ3) is 11.4. The van der Waals surface area contributed by atoms with Gasteiger partial charge in [-0.05, 0) is 25.7 Å². The maximum atomic E-state index is 13.0. The van der Waals surface area contributed by atoms with Crippen LogP contribution in [0.3, 0.4) is 0 Å². The molecule has 0 fully saturated rings. The predicted octanol–water partition coefficient (Wildman–Crippen LogP) is -0.537. The van der Waals surface area contributed by atoms with Crippen LogP contribution in [-0.4, -0.2) is 126 Å². The SMILES string of the molecule is O=C(S)CCCC(=O)NC(COCCCN1C(=O)C=CC1=O)(COCCCN1C(=O)C=CC1=O)COCCCN1C(=O)C=CC1=O. The van der Waals surface area contributed by atoms with Crippen LogP contribution in [0.15, 0.2) is 36.5 Å². The second-order valence-electron chi connectivity index (χ2n) is 10.8. The van der Waals surface area contributed by atoms with Crippen LogP contribution in [0, 0.1) is 0 Å². The van der Waals surface area contributed by atoms with Crippen molar-refractivity contribution in [2.24, 2.45) is 0 Å². The molecule has 3 rings (SSSR count). The summed E-state index contributed by atoms with van der Waals surface area (Å²) in [4.78, 5) is 98.4. The van der Waals surface area contributed by atoms with Gasteiger partial charge < -0.3 is 19.5 Å². The Kier molecular flexibility index (Phi) is 14.5. The number of ether oxygens (including phenoxy) is 3. The van der Waals surface area contributed by atoms with Crippen molar-refractivity contribution in [2.45, 2.75) is 44.1 Å². The van der Waals surface area contributed by atoms with Crippen LogP contribution in [0.1, 0.15) is 38.5 Å². The van der Waals surface area contributed by atoms with E-state index in [1.165, 1.54) is 36.5 Å². The molecule has 0 aromatic rings. The van der Waals surface area contributed by atoms with Gasteiger partial charge in [0.05, 0.1) is 19.8 Å². The summed E-state index contributed by atoms with van der Waals surface area (Å²) in [5.74, 6) is -2.85. The lowest BCUT2D eigenvalue weighted by Crippen LogP contribution is -2.58. The fraction of sp³-hybridized carbons (Fsp3) is 0.533. The van der Waals surface area contributed by atoms with Crippen molar-refractivity contribution >= 4 is 59.1 Å². The zero-order chi connectivity index (χ0) is 33.5. The van der Waals surface area contributed by atoms with Crippen molar-refractivity contribution in [3.63, 3.8) is 0 Å². The minimum atomic E-state index is -1.23. The number of hydrogen-bond acceptors (Lipinski definition) is 11. The van der Waals surface area contributed by atoms with E-state index in [4.69, 9.17) is 14.2 Å². The number of rotatable bonds is 23. The number of hydrogen-bond donors (Lipinski definition) is 2. The summed E-state index contributed by atoms with van der Waals surface area (Å²) in [5, 5.41) is 2.55. The van der Waals surface area contributed by atoms with Gasteiger partial charge in [0.2, 0.25) is 5.91 Å². The highest BCUT2D eigenvalue weighted by Crippen LogP contribution is 2.14. The topological polar surface area (TPSA) is 186 Å². The summed E-state index contributed by atoms with van der Waals surface area (Å²) < 4.78 is 17.7. The molecule has 3 heterocycles. The first-order valence-corrected chi connectivity index (χ1v) is 15.3. The molecule has 7 amide bonds. The van der Waals surface area contributed by atoms with Gasteiger partial charge in [-0.3, -0.25) is 53.1 Å². The summed E-state index contributed by atoms with van der Waals surface area (Å²) in [6.07, 6.45) is 8.50. The van der Waals surface area contributed by atoms with Crippen molar-refractivity contribution in [1.29, 1.82) is 0 Å². The number of amides is 7. The van der Waals surface area contributed by atoms with Crippen LogP contribution in [-0.2, 0) is 52.6 Å². The van der Waals surface area contributed by atoms with Gasteiger partial charge in [-0.25, -0.2) is 0 Å². The minimum Gasteiger partial charge on any atom is -0.379 e. The Morgan fingerprint density at radius 2 is 0.891 bits per heavy atom. The molecule has 3 aliphatic rings. The maximum Gasteiger partial charge on any atom is 0.253 e. The van der Waals surface area contributed by atoms with Gasteiger partial charge in [0.1, 0.15) is 5.54 Å². The van der Waals surface area contributed by atoms with Gasteiger partial charge in [-0.15, -0.1) is 12.6 Å². The molecule has 3 aliphatic heterocycles. The fourth-order valence-electron chi connectivity index (χ4n) is 4.72. The summed E-state index contributed by atoms with van der Waals surface area (Å²) >= 11 is 3.74. The van der Waals surface area contributed by atoms with Crippen molar-refractivity contribution in [3.8, 4) is 0 Å². The Morgan fingerprint density at radius 1 is 0.565 bits per heavy atom. The Balaban J connectivity index is 1.60. The second kappa shape index (κ2) is 18.2. The molecule has 46 heavy (non-hydrogen) atoms. The smallest absolute Gasteiger partial charge is 0.253 e. The predicted molar refractivity (Wildman–Crippen MR) is 163 cm³/mol. The number of nitrogens with zero attached hydrogens (tertiary/aromatic N) is 3. The number of thiol groups is 1. The third-order valence-corrected chi connectivity index (χ3v) is 7.27. The van der Waals surface area contributed by atoms with Crippen molar-refractivity contribution < 1.29 is 52.6 Å². The van der Waals surface area contributed by atoms with Crippen molar-refractivity contribution in [2.75, 3.05) is 59.3 Å². The molecule has 0 bridgehead atoms.